The maximum atomic E-state index is 12.8. The lowest BCUT2D eigenvalue weighted by molar-refractivity contribution is 0.0926. The van der Waals surface area contributed by atoms with Gasteiger partial charge in [-0.25, -0.2) is 0 Å². The summed E-state index contributed by atoms with van der Waals surface area (Å²) in [6.45, 7) is 8.43. The molecule has 2 heterocycles. The third-order valence-corrected chi connectivity index (χ3v) is 6.77. The number of benzene rings is 3. The Balaban J connectivity index is 1.22. The molecule has 3 aromatic rings. The van der Waals surface area contributed by atoms with Crippen LogP contribution < -0.4 is 15.1 Å². The molecule has 5 rings (SSSR count). The fraction of sp³-hybridized carbons (Fsp3) is 0.321. The van der Waals surface area contributed by atoms with E-state index in [4.69, 9.17) is 0 Å². The average molecular weight is 441 g/mol. The molecule has 5 nitrogen and oxygen atoms in total. The molecule has 0 bridgehead atoms. The van der Waals surface area contributed by atoms with Crippen LogP contribution >= 0.6 is 0 Å². The van der Waals surface area contributed by atoms with Crippen molar-refractivity contribution < 1.29 is 4.79 Å². The normalized spacial score (nSPS) is 18.7. The average Bonchev–Trinajstić information content (AvgIpc) is 2.86. The van der Waals surface area contributed by atoms with Crippen molar-refractivity contribution >= 4 is 17.3 Å². The van der Waals surface area contributed by atoms with Gasteiger partial charge in [0, 0.05) is 38.4 Å². The van der Waals surface area contributed by atoms with Crippen molar-refractivity contribution in [3.05, 3.63) is 95.6 Å². The second-order valence-corrected chi connectivity index (χ2v) is 9.02. The van der Waals surface area contributed by atoms with Gasteiger partial charge in [0.05, 0.1) is 11.3 Å². The predicted molar refractivity (Wildman–Crippen MR) is 135 cm³/mol. The number of hydrogen-bond donors (Lipinski definition) is 1. The van der Waals surface area contributed by atoms with Gasteiger partial charge in [0.25, 0.3) is 5.91 Å². The SMILES string of the molecule is Cc1cccc(N2CCN(CCCN3c4ccccc4C(=O)NC3c3ccccc3)CC2)c1. The number of nitrogens with zero attached hydrogens (tertiary/aromatic N) is 3. The molecule has 1 N–H and O–H groups in total. The monoisotopic (exact) mass is 440 g/mol. The molecule has 1 fully saturated rings. The number of hydrogen-bond acceptors (Lipinski definition) is 4. The zero-order valence-electron chi connectivity index (χ0n) is 19.3. The first kappa shape index (κ1) is 21.5. The number of carbonyl (C=O) groups excluding carboxylic acids is 1. The van der Waals surface area contributed by atoms with Gasteiger partial charge in [-0.1, -0.05) is 54.6 Å². The van der Waals surface area contributed by atoms with Crippen LogP contribution in [0, 0.1) is 6.92 Å². The minimum absolute atomic E-state index is 0.00275. The molecule has 0 aromatic heterocycles. The molecule has 0 radical (unpaired) electrons. The number of carbonyl (C=O) groups is 1. The summed E-state index contributed by atoms with van der Waals surface area (Å²) >= 11 is 0. The van der Waals surface area contributed by atoms with Gasteiger partial charge in [-0.2, -0.15) is 0 Å². The van der Waals surface area contributed by atoms with Gasteiger partial charge >= 0.3 is 0 Å². The van der Waals surface area contributed by atoms with Gasteiger partial charge in [-0.15, -0.1) is 0 Å². The summed E-state index contributed by atoms with van der Waals surface area (Å²) in [7, 11) is 0. The van der Waals surface area contributed by atoms with Gasteiger partial charge in [-0.3, -0.25) is 9.69 Å². The minimum Gasteiger partial charge on any atom is -0.369 e. The van der Waals surface area contributed by atoms with Gasteiger partial charge in [0.15, 0.2) is 0 Å². The highest BCUT2D eigenvalue weighted by Gasteiger charge is 2.31. The van der Waals surface area contributed by atoms with Crippen LogP contribution in [-0.2, 0) is 0 Å². The summed E-state index contributed by atoms with van der Waals surface area (Å²) in [6.07, 6.45) is 0.921. The number of piperazine rings is 1. The number of amides is 1. The van der Waals surface area contributed by atoms with Crippen molar-refractivity contribution in [2.75, 3.05) is 49.1 Å². The van der Waals surface area contributed by atoms with Crippen molar-refractivity contribution in [1.29, 1.82) is 0 Å². The summed E-state index contributed by atoms with van der Waals surface area (Å²) in [5.74, 6) is 0.00275. The molecule has 33 heavy (non-hydrogen) atoms. The highest BCUT2D eigenvalue weighted by atomic mass is 16.2. The van der Waals surface area contributed by atoms with E-state index in [9.17, 15) is 4.79 Å². The van der Waals surface area contributed by atoms with Crippen molar-refractivity contribution in [2.24, 2.45) is 0 Å². The molecule has 1 unspecified atom stereocenters. The Labute approximate surface area is 196 Å². The molecule has 0 spiro atoms. The highest BCUT2D eigenvalue weighted by Crippen LogP contribution is 2.33. The quantitative estimate of drug-likeness (QED) is 0.614. The third kappa shape index (κ3) is 4.74. The molecule has 5 heteroatoms. The second-order valence-electron chi connectivity index (χ2n) is 9.02. The molecule has 3 aromatic carbocycles. The first-order valence-corrected chi connectivity index (χ1v) is 11.9. The second kappa shape index (κ2) is 9.67. The number of aryl methyl sites for hydroxylation is 1. The maximum absolute atomic E-state index is 12.8. The van der Waals surface area contributed by atoms with E-state index >= 15 is 0 Å². The van der Waals surface area contributed by atoms with Crippen LogP contribution in [0.4, 0.5) is 11.4 Å². The number of para-hydroxylation sites is 1. The Kier molecular flexibility index (Phi) is 6.31. The summed E-state index contributed by atoms with van der Waals surface area (Å²) in [5.41, 5.74) is 5.56. The van der Waals surface area contributed by atoms with Crippen LogP contribution in [0.5, 0.6) is 0 Å². The Morgan fingerprint density at radius 2 is 1.61 bits per heavy atom. The molecule has 2 aliphatic rings. The molecular weight excluding hydrogens is 408 g/mol. The number of rotatable bonds is 6. The van der Waals surface area contributed by atoms with Crippen molar-refractivity contribution in [3.8, 4) is 0 Å². The molecule has 1 atom stereocenters. The van der Waals surface area contributed by atoms with E-state index in [2.05, 4.69) is 69.4 Å². The molecule has 170 valence electrons. The van der Waals surface area contributed by atoms with E-state index in [1.807, 2.05) is 36.4 Å². The van der Waals surface area contributed by atoms with Gasteiger partial charge in [-0.05, 0) is 55.3 Å². The molecule has 1 saturated heterocycles. The number of anilines is 2. The topological polar surface area (TPSA) is 38.8 Å². The largest absolute Gasteiger partial charge is 0.369 e. The Bertz CT molecular complexity index is 1090. The van der Waals surface area contributed by atoms with E-state index < -0.39 is 0 Å². The molecule has 0 saturated carbocycles. The lowest BCUT2D eigenvalue weighted by Gasteiger charge is -2.40. The summed E-state index contributed by atoms with van der Waals surface area (Å²) < 4.78 is 0. The molecular formula is C28H32N4O. The van der Waals surface area contributed by atoms with Crippen molar-refractivity contribution in [3.63, 3.8) is 0 Å². The van der Waals surface area contributed by atoms with E-state index in [0.29, 0.717) is 0 Å². The Hall–Kier alpha value is -3.31. The molecule has 2 aliphatic heterocycles. The molecule has 0 aliphatic carbocycles. The summed E-state index contributed by atoms with van der Waals surface area (Å²) in [5, 5.41) is 3.22. The van der Waals surface area contributed by atoms with Crippen LogP contribution in [0.3, 0.4) is 0 Å². The van der Waals surface area contributed by atoms with Gasteiger partial charge in [0.1, 0.15) is 6.17 Å². The standard InChI is InChI=1S/C28H32N4O/c1-22-9-7-12-24(21-22)31-19-17-30(18-20-31)15-8-16-32-26-14-6-5-13-25(26)28(33)29-27(32)23-10-3-2-4-11-23/h2-7,9-14,21,27H,8,15-20H2,1H3,(H,29,33). The van der Waals surface area contributed by atoms with E-state index in [-0.39, 0.29) is 12.1 Å². The first-order chi connectivity index (χ1) is 16.2. The zero-order valence-corrected chi connectivity index (χ0v) is 19.3. The summed E-state index contributed by atoms with van der Waals surface area (Å²) in [6, 6.07) is 27.0. The Morgan fingerprint density at radius 1 is 0.848 bits per heavy atom. The zero-order chi connectivity index (χ0) is 22.6. The number of nitrogens with one attached hydrogen (secondary N) is 1. The maximum Gasteiger partial charge on any atom is 0.255 e. The third-order valence-electron chi connectivity index (χ3n) is 6.77. The van der Waals surface area contributed by atoms with Crippen LogP contribution in [0.2, 0.25) is 0 Å². The fourth-order valence-electron chi connectivity index (χ4n) is 5.00. The summed E-state index contributed by atoms with van der Waals surface area (Å²) in [4.78, 5) is 20.2. The minimum atomic E-state index is -0.133. The predicted octanol–water partition coefficient (Wildman–Crippen LogP) is 4.46. The Morgan fingerprint density at radius 3 is 2.39 bits per heavy atom. The van der Waals surface area contributed by atoms with E-state index in [1.165, 1.54) is 11.3 Å². The van der Waals surface area contributed by atoms with Crippen LogP contribution in [0.15, 0.2) is 78.9 Å². The highest BCUT2D eigenvalue weighted by molar-refractivity contribution is 6.02. The number of fused-ring (bicyclic) bond motifs is 1. The van der Waals surface area contributed by atoms with E-state index in [0.717, 1.165) is 62.5 Å². The van der Waals surface area contributed by atoms with E-state index in [1.54, 1.807) is 0 Å². The first-order valence-electron chi connectivity index (χ1n) is 11.9. The smallest absolute Gasteiger partial charge is 0.255 e. The van der Waals surface area contributed by atoms with Crippen LogP contribution in [0.25, 0.3) is 0 Å². The van der Waals surface area contributed by atoms with Crippen LogP contribution in [-0.4, -0.2) is 50.1 Å². The lowest BCUT2D eigenvalue weighted by Crippen LogP contribution is -2.49. The van der Waals surface area contributed by atoms with Gasteiger partial charge < -0.3 is 15.1 Å². The van der Waals surface area contributed by atoms with Crippen LogP contribution in [0.1, 0.15) is 34.1 Å². The fourth-order valence-corrected chi connectivity index (χ4v) is 5.00. The van der Waals surface area contributed by atoms with Gasteiger partial charge in [0.2, 0.25) is 0 Å². The van der Waals surface area contributed by atoms with Crippen molar-refractivity contribution in [1.82, 2.24) is 10.2 Å². The molecule has 1 amide bonds. The van der Waals surface area contributed by atoms with Crippen molar-refractivity contribution in [2.45, 2.75) is 19.5 Å². The lowest BCUT2D eigenvalue weighted by atomic mass is 10.0.